The second-order valence-corrected chi connectivity index (χ2v) is 4.79. The number of hydrogen-bond acceptors (Lipinski definition) is 4. The standard InChI is InChI=1S/C9H14N4OS/c1-5-7(8(10)13-12-5)9(14)11-6-2-3-15-4-6/h6H,2-4H2,1H3,(H,11,14)(H3,10,12,13). The van der Waals surface area contributed by atoms with Gasteiger partial charge in [-0.05, 0) is 19.1 Å². The van der Waals surface area contributed by atoms with Crippen LogP contribution in [0.2, 0.25) is 0 Å². The summed E-state index contributed by atoms with van der Waals surface area (Å²) in [5.74, 6) is 2.26. The summed E-state index contributed by atoms with van der Waals surface area (Å²) in [7, 11) is 0. The van der Waals surface area contributed by atoms with Crippen LogP contribution in [0.15, 0.2) is 0 Å². The third-order valence-corrected chi connectivity index (χ3v) is 3.63. The fourth-order valence-electron chi connectivity index (χ4n) is 1.64. The molecule has 1 aromatic rings. The third kappa shape index (κ3) is 2.09. The SMILES string of the molecule is Cc1[nH]nc(N)c1C(=O)NC1CCSC1. The number of carbonyl (C=O) groups excluding carboxylic acids is 1. The summed E-state index contributed by atoms with van der Waals surface area (Å²) in [6.07, 6.45) is 1.03. The van der Waals surface area contributed by atoms with Crippen molar-refractivity contribution in [1.82, 2.24) is 15.5 Å². The number of rotatable bonds is 2. The molecule has 82 valence electrons. The van der Waals surface area contributed by atoms with E-state index >= 15 is 0 Å². The summed E-state index contributed by atoms with van der Waals surface area (Å²) >= 11 is 1.86. The molecule has 0 aliphatic carbocycles. The zero-order valence-corrected chi connectivity index (χ0v) is 9.36. The fourth-order valence-corrected chi connectivity index (χ4v) is 2.79. The van der Waals surface area contributed by atoms with Crippen LogP contribution < -0.4 is 11.1 Å². The van der Waals surface area contributed by atoms with Crippen molar-refractivity contribution in [3.05, 3.63) is 11.3 Å². The Labute approximate surface area is 92.2 Å². The number of nitrogens with one attached hydrogen (secondary N) is 2. The van der Waals surface area contributed by atoms with Crippen LogP contribution in [-0.2, 0) is 0 Å². The number of hydrogen-bond donors (Lipinski definition) is 3. The highest BCUT2D eigenvalue weighted by Crippen LogP contribution is 2.18. The van der Waals surface area contributed by atoms with E-state index in [2.05, 4.69) is 15.5 Å². The van der Waals surface area contributed by atoms with Crippen LogP contribution in [0.25, 0.3) is 0 Å². The van der Waals surface area contributed by atoms with E-state index in [9.17, 15) is 4.79 Å². The maximum atomic E-state index is 11.8. The summed E-state index contributed by atoms with van der Waals surface area (Å²) in [4.78, 5) is 11.8. The Morgan fingerprint density at radius 2 is 2.53 bits per heavy atom. The molecular weight excluding hydrogens is 212 g/mol. The first-order valence-corrected chi connectivity index (χ1v) is 6.03. The number of aromatic nitrogens is 2. The van der Waals surface area contributed by atoms with Gasteiger partial charge in [0.25, 0.3) is 5.91 Å². The number of nitrogens with zero attached hydrogens (tertiary/aromatic N) is 1. The third-order valence-electron chi connectivity index (χ3n) is 2.47. The van der Waals surface area contributed by atoms with E-state index in [1.165, 1.54) is 0 Å². The van der Waals surface area contributed by atoms with Crippen molar-refractivity contribution in [3.8, 4) is 0 Å². The Morgan fingerprint density at radius 3 is 3.07 bits per heavy atom. The highest BCUT2D eigenvalue weighted by Gasteiger charge is 2.21. The average Bonchev–Trinajstić information content (AvgIpc) is 2.77. The van der Waals surface area contributed by atoms with E-state index in [4.69, 9.17) is 5.73 Å². The summed E-state index contributed by atoms with van der Waals surface area (Å²) in [5.41, 5.74) is 6.80. The molecule has 6 heteroatoms. The minimum absolute atomic E-state index is 0.119. The van der Waals surface area contributed by atoms with Crippen LogP contribution in [0.3, 0.4) is 0 Å². The lowest BCUT2D eigenvalue weighted by Gasteiger charge is -2.10. The van der Waals surface area contributed by atoms with Gasteiger partial charge in [0, 0.05) is 17.5 Å². The number of nitrogens with two attached hydrogens (primary N) is 1. The van der Waals surface area contributed by atoms with Gasteiger partial charge < -0.3 is 11.1 Å². The number of aryl methyl sites for hydroxylation is 1. The Morgan fingerprint density at radius 1 is 1.73 bits per heavy atom. The minimum atomic E-state index is -0.119. The summed E-state index contributed by atoms with van der Waals surface area (Å²) < 4.78 is 0. The van der Waals surface area contributed by atoms with E-state index in [-0.39, 0.29) is 17.8 Å². The van der Waals surface area contributed by atoms with Gasteiger partial charge in [-0.3, -0.25) is 9.89 Å². The van der Waals surface area contributed by atoms with Crippen molar-refractivity contribution in [2.24, 2.45) is 0 Å². The second kappa shape index (κ2) is 4.14. The van der Waals surface area contributed by atoms with Crippen molar-refractivity contribution in [3.63, 3.8) is 0 Å². The molecule has 1 atom stereocenters. The number of thioether (sulfide) groups is 1. The molecule has 4 N–H and O–H groups in total. The van der Waals surface area contributed by atoms with Crippen molar-refractivity contribution in [2.45, 2.75) is 19.4 Å². The maximum Gasteiger partial charge on any atom is 0.257 e. The molecule has 1 amide bonds. The van der Waals surface area contributed by atoms with Gasteiger partial charge in [-0.1, -0.05) is 0 Å². The van der Waals surface area contributed by atoms with Crippen LogP contribution in [0.5, 0.6) is 0 Å². The molecule has 1 saturated heterocycles. The van der Waals surface area contributed by atoms with E-state index in [1.54, 1.807) is 6.92 Å². The number of nitrogen functional groups attached to an aromatic ring is 1. The number of amides is 1. The van der Waals surface area contributed by atoms with Gasteiger partial charge in [0.05, 0.1) is 0 Å². The Hall–Kier alpha value is -1.17. The van der Waals surface area contributed by atoms with Crippen molar-refractivity contribution < 1.29 is 4.79 Å². The lowest BCUT2D eigenvalue weighted by atomic mass is 10.2. The van der Waals surface area contributed by atoms with Gasteiger partial charge in [0.2, 0.25) is 0 Å². The molecule has 1 fully saturated rings. The molecule has 0 radical (unpaired) electrons. The van der Waals surface area contributed by atoms with Gasteiger partial charge in [-0.2, -0.15) is 16.9 Å². The fraction of sp³-hybridized carbons (Fsp3) is 0.556. The van der Waals surface area contributed by atoms with Crippen molar-refractivity contribution in [2.75, 3.05) is 17.2 Å². The van der Waals surface area contributed by atoms with Crippen molar-refractivity contribution in [1.29, 1.82) is 0 Å². The molecular formula is C9H14N4OS. The molecule has 0 saturated carbocycles. The van der Waals surface area contributed by atoms with E-state index in [0.717, 1.165) is 23.6 Å². The molecule has 2 heterocycles. The monoisotopic (exact) mass is 226 g/mol. The summed E-state index contributed by atoms with van der Waals surface area (Å²) in [6, 6.07) is 0.274. The first kappa shape index (κ1) is 10.4. The lowest BCUT2D eigenvalue weighted by molar-refractivity contribution is 0.0941. The molecule has 1 aliphatic rings. The van der Waals surface area contributed by atoms with Crippen molar-refractivity contribution >= 4 is 23.5 Å². The van der Waals surface area contributed by atoms with Gasteiger partial charge in [-0.25, -0.2) is 0 Å². The zero-order valence-electron chi connectivity index (χ0n) is 8.54. The summed E-state index contributed by atoms with van der Waals surface area (Å²) in [6.45, 7) is 1.79. The van der Waals surface area contributed by atoms with Crippen LogP contribution in [0.1, 0.15) is 22.5 Å². The molecule has 0 bridgehead atoms. The second-order valence-electron chi connectivity index (χ2n) is 3.64. The molecule has 0 aromatic carbocycles. The smallest absolute Gasteiger partial charge is 0.257 e. The number of carbonyl (C=O) groups is 1. The first-order valence-electron chi connectivity index (χ1n) is 4.87. The average molecular weight is 226 g/mol. The first-order chi connectivity index (χ1) is 7.18. The zero-order chi connectivity index (χ0) is 10.8. The van der Waals surface area contributed by atoms with Crippen LogP contribution in [0.4, 0.5) is 5.82 Å². The number of anilines is 1. The van der Waals surface area contributed by atoms with E-state index in [1.807, 2.05) is 11.8 Å². The largest absolute Gasteiger partial charge is 0.382 e. The highest BCUT2D eigenvalue weighted by atomic mass is 32.2. The van der Waals surface area contributed by atoms with Crippen LogP contribution >= 0.6 is 11.8 Å². The van der Waals surface area contributed by atoms with E-state index < -0.39 is 0 Å². The molecule has 15 heavy (non-hydrogen) atoms. The van der Waals surface area contributed by atoms with Gasteiger partial charge in [0.1, 0.15) is 5.56 Å². The van der Waals surface area contributed by atoms with Gasteiger partial charge in [-0.15, -0.1) is 0 Å². The minimum Gasteiger partial charge on any atom is -0.382 e. The quantitative estimate of drug-likeness (QED) is 0.687. The van der Waals surface area contributed by atoms with Crippen LogP contribution in [-0.4, -0.2) is 33.7 Å². The topological polar surface area (TPSA) is 83.8 Å². The predicted octanol–water partition coefficient (Wildman–Crippen LogP) is 0.536. The molecule has 1 unspecified atom stereocenters. The molecule has 0 spiro atoms. The highest BCUT2D eigenvalue weighted by molar-refractivity contribution is 7.99. The summed E-state index contributed by atoms with van der Waals surface area (Å²) in [5, 5.41) is 9.46. The maximum absolute atomic E-state index is 11.8. The van der Waals surface area contributed by atoms with Crippen LogP contribution in [0, 0.1) is 6.92 Å². The van der Waals surface area contributed by atoms with Gasteiger partial charge >= 0.3 is 0 Å². The van der Waals surface area contributed by atoms with E-state index in [0.29, 0.717) is 5.56 Å². The van der Waals surface area contributed by atoms with Gasteiger partial charge in [0.15, 0.2) is 5.82 Å². The number of aromatic amines is 1. The Kier molecular flexibility index (Phi) is 2.86. The Balaban J connectivity index is 2.07. The normalized spacial score (nSPS) is 20.5. The predicted molar refractivity (Wildman–Crippen MR) is 60.9 cm³/mol. The number of H-pyrrole nitrogens is 1. The molecule has 5 nitrogen and oxygen atoms in total. The molecule has 2 rings (SSSR count). The molecule has 1 aliphatic heterocycles. The Bertz CT molecular complexity index is 351. The molecule has 1 aromatic heterocycles. The lowest BCUT2D eigenvalue weighted by Crippen LogP contribution is -2.35.